The standard InChI is InChI=1S/C19H21N5OS/c1-12-18(26-17(23-12)10-13-4-6-20-7-5-13)19(25)24-14-2-3-15-16(11-14)22-9-8-21-15/h2-3,8-9,11,13,20H,4-7,10H2,1H3,(H,24,25). The first-order valence-corrected chi connectivity index (χ1v) is 9.70. The van der Waals surface area contributed by atoms with Gasteiger partial charge in [-0.25, -0.2) is 4.98 Å². The number of aromatic nitrogens is 3. The molecule has 2 N–H and O–H groups in total. The molecule has 1 aliphatic heterocycles. The molecule has 7 heteroatoms. The fourth-order valence-electron chi connectivity index (χ4n) is 3.31. The number of hydrogen-bond acceptors (Lipinski definition) is 6. The lowest BCUT2D eigenvalue weighted by atomic mass is 9.95. The fourth-order valence-corrected chi connectivity index (χ4v) is 4.39. The number of anilines is 1. The van der Waals surface area contributed by atoms with Crippen LogP contribution in [0, 0.1) is 12.8 Å². The van der Waals surface area contributed by atoms with Crippen LogP contribution in [0.3, 0.4) is 0 Å². The topological polar surface area (TPSA) is 79.8 Å². The third-order valence-electron chi connectivity index (χ3n) is 4.70. The maximum Gasteiger partial charge on any atom is 0.267 e. The van der Waals surface area contributed by atoms with E-state index in [0.717, 1.165) is 46.9 Å². The van der Waals surface area contributed by atoms with E-state index in [2.05, 4.69) is 25.6 Å². The minimum atomic E-state index is -0.111. The second kappa shape index (κ2) is 7.47. The van der Waals surface area contributed by atoms with Crippen LogP contribution in [-0.2, 0) is 6.42 Å². The Bertz CT molecular complexity index is 933. The summed E-state index contributed by atoms with van der Waals surface area (Å²) in [5.74, 6) is 0.552. The lowest BCUT2D eigenvalue weighted by molar-refractivity contribution is 0.103. The van der Waals surface area contributed by atoms with Crippen LogP contribution >= 0.6 is 11.3 Å². The first-order chi connectivity index (χ1) is 12.7. The van der Waals surface area contributed by atoms with Crippen molar-refractivity contribution in [2.45, 2.75) is 26.2 Å². The van der Waals surface area contributed by atoms with Gasteiger partial charge >= 0.3 is 0 Å². The lowest BCUT2D eigenvalue weighted by Gasteiger charge is -2.21. The molecule has 6 nitrogen and oxygen atoms in total. The first-order valence-electron chi connectivity index (χ1n) is 8.88. The Morgan fingerprint density at radius 1 is 1.23 bits per heavy atom. The van der Waals surface area contributed by atoms with Crippen LogP contribution in [0.1, 0.15) is 33.2 Å². The van der Waals surface area contributed by atoms with E-state index < -0.39 is 0 Å². The predicted molar refractivity (Wildman–Crippen MR) is 104 cm³/mol. The highest BCUT2D eigenvalue weighted by atomic mass is 32.1. The van der Waals surface area contributed by atoms with E-state index in [4.69, 9.17) is 0 Å². The van der Waals surface area contributed by atoms with E-state index in [1.165, 1.54) is 24.2 Å². The summed E-state index contributed by atoms with van der Waals surface area (Å²) in [6.45, 7) is 4.06. The summed E-state index contributed by atoms with van der Waals surface area (Å²) in [6, 6.07) is 5.55. The molecule has 26 heavy (non-hydrogen) atoms. The molecule has 1 amide bonds. The predicted octanol–water partition coefficient (Wildman–Crippen LogP) is 3.19. The van der Waals surface area contributed by atoms with Crippen molar-refractivity contribution >= 4 is 34.0 Å². The minimum absolute atomic E-state index is 0.111. The Hall–Kier alpha value is -2.38. The summed E-state index contributed by atoms with van der Waals surface area (Å²) in [6.07, 6.45) is 6.63. The molecule has 3 heterocycles. The van der Waals surface area contributed by atoms with Crippen molar-refractivity contribution < 1.29 is 4.79 Å². The van der Waals surface area contributed by atoms with Crippen LogP contribution in [0.2, 0.25) is 0 Å². The van der Waals surface area contributed by atoms with Gasteiger partial charge in [0.15, 0.2) is 0 Å². The van der Waals surface area contributed by atoms with Gasteiger partial charge in [0.25, 0.3) is 5.91 Å². The van der Waals surface area contributed by atoms with Crippen LogP contribution in [0.25, 0.3) is 11.0 Å². The molecule has 4 rings (SSSR count). The molecular weight excluding hydrogens is 346 g/mol. The van der Waals surface area contributed by atoms with E-state index in [1.807, 2.05) is 25.1 Å². The smallest absolute Gasteiger partial charge is 0.267 e. The Labute approximate surface area is 156 Å². The van der Waals surface area contributed by atoms with E-state index in [1.54, 1.807) is 12.4 Å². The van der Waals surface area contributed by atoms with E-state index in [-0.39, 0.29) is 5.91 Å². The molecule has 1 aliphatic rings. The second-order valence-electron chi connectivity index (χ2n) is 6.63. The van der Waals surface area contributed by atoms with Gasteiger partial charge in [-0.05, 0) is 57.0 Å². The van der Waals surface area contributed by atoms with E-state index in [9.17, 15) is 4.79 Å². The van der Waals surface area contributed by atoms with Gasteiger partial charge in [0.2, 0.25) is 0 Å². The Morgan fingerprint density at radius 2 is 2.00 bits per heavy atom. The Morgan fingerprint density at radius 3 is 2.81 bits per heavy atom. The van der Waals surface area contributed by atoms with Crippen LogP contribution in [0.15, 0.2) is 30.6 Å². The maximum absolute atomic E-state index is 12.7. The zero-order chi connectivity index (χ0) is 17.9. The quantitative estimate of drug-likeness (QED) is 0.740. The second-order valence-corrected chi connectivity index (χ2v) is 7.72. The number of carbonyl (C=O) groups excluding carboxylic acids is 1. The zero-order valence-electron chi connectivity index (χ0n) is 14.7. The van der Waals surface area contributed by atoms with Crippen LogP contribution in [-0.4, -0.2) is 33.9 Å². The molecule has 134 valence electrons. The van der Waals surface area contributed by atoms with Crippen molar-refractivity contribution in [1.82, 2.24) is 20.3 Å². The van der Waals surface area contributed by atoms with Gasteiger partial charge in [-0.3, -0.25) is 14.8 Å². The number of rotatable bonds is 4. The Kier molecular flexibility index (Phi) is 4.90. The molecule has 1 fully saturated rings. The van der Waals surface area contributed by atoms with E-state index in [0.29, 0.717) is 10.8 Å². The summed E-state index contributed by atoms with van der Waals surface area (Å²) < 4.78 is 0. The maximum atomic E-state index is 12.7. The largest absolute Gasteiger partial charge is 0.321 e. The number of nitrogens with zero attached hydrogens (tertiary/aromatic N) is 3. The molecule has 2 aromatic heterocycles. The molecule has 0 radical (unpaired) electrons. The third kappa shape index (κ3) is 3.73. The number of amides is 1. The van der Waals surface area contributed by atoms with Gasteiger partial charge in [0, 0.05) is 24.5 Å². The van der Waals surface area contributed by atoms with Crippen molar-refractivity contribution in [2.75, 3.05) is 18.4 Å². The number of piperidine rings is 1. The number of carbonyl (C=O) groups is 1. The molecular formula is C19H21N5OS. The Balaban J connectivity index is 1.48. The van der Waals surface area contributed by atoms with Crippen molar-refractivity contribution in [3.05, 3.63) is 46.2 Å². The number of fused-ring (bicyclic) bond motifs is 1. The van der Waals surface area contributed by atoms with Gasteiger partial charge in [-0.15, -0.1) is 11.3 Å². The molecule has 0 atom stereocenters. The van der Waals surface area contributed by atoms with E-state index >= 15 is 0 Å². The summed E-state index contributed by atoms with van der Waals surface area (Å²) in [5.41, 5.74) is 3.09. The highest BCUT2D eigenvalue weighted by Gasteiger charge is 2.19. The lowest BCUT2D eigenvalue weighted by Crippen LogP contribution is -2.28. The molecule has 3 aromatic rings. The molecule has 0 saturated carbocycles. The normalized spacial score (nSPS) is 15.3. The fraction of sp³-hybridized carbons (Fsp3) is 0.368. The zero-order valence-corrected chi connectivity index (χ0v) is 15.5. The summed E-state index contributed by atoms with van der Waals surface area (Å²) in [5, 5.41) is 7.41. The number of aryl methyl sites for hydroxylation is 1. The minimum Gasteiger partial charge on any atom is -0.321 e. The molecule has 0 aliphatic carbocycles. The molecule has 1 aromatic carbocycles. The summed E-state index contributed by atoms with van der Waals surface area (Å²) in [7, 11) is 0. The monoisotopic (exact) mass is 367 g/mol. The first kappa shape index (κ1) is 17.1. The highest BCUT2D eigenvalue weighted by Crippen LogP contribution is 2.25. The van der Waals surface area contributed by atoms with Gasteiger partial charge < -0.3 is 10.6 Å². The van der Waals surface area contributed by atoms with Gasteiger partial charge in [-0.2, -0.15) is 0 Å². The summed E-state index contributed by atoms with van der Waals surface area (Å²) in [4.78, 5) is 26.5. The summed E-state index contributed by atoms with van der Waals surface area (Å²) >= 11 is 1.51. The van der Waals surface area contributed by atoms with Crippen molar-refractivity contribution in [3.8, 4) is 0 Å². The SMILES string of the molecule is Cc1nc(CC2CCNCC2)sc1C(=O)Nc1ccc2nccnc2c1. The van der Waals surface area contributed by atoms with Crippen molar-refractivity contribution in [1.29, 1.82) is 0 Å². The molecule has 1 saturated heterocycles. The van der Waals surface area contributed by atoms with Crippen LogP contribution < -0.4 is 10.6 Å². The van der Waals surface area contributed by atoms with Crippen molar-refractivity contribution in [3.63, 3.8) is 0 Å². The average Bonchev–Trinajstić information content (AvgIpc) is 3.03. The van der Waals surface area contributed by atoms with Crippen LogP contribution in [0.4, 0.5) is 5.69 Å². The number of benzene rings is 1. The van der Waals surface area contributed by atoms with Gasteiger partial charge in [0.05, 0.1) is 21.7 Å². The molecule has 0 bridgehead atoms. The number of thiazole rings is 1. The average molecular weight is 367 g/mol. The van der Waals surface area contributed by atoms with Crippen LogP contribution in [0.5, 0.6) is 0 Å². The van der Waals surface area contributed by atoms with Gasteiger partial charge in [-0.1, -0.05) is 0 Å². The van der Waals surface area contributed by atoms with Crippen molar-refractivity contribution in [2.24, 2.45) is 5.92 Å². The molecule has 0 unspecified atom stereocenters. The number of hydrogen-bond donors (Lipinski definition) is 2. The molecule has 0 spiro atoms. The number of nitrogens with one attached hydrogen (secondary N) is 2. The van der Waals surface area contributed by atoms with Gasteiger partial charge in [0.1, 0.15) is 4.88 Å². The third-order valence-corrected chi connectivity index (χ3v) is 5.87. The highest BCUT2D eigenvalue weighted by molar-refractivity contribution is 7.13.